The first-order valence-electron chi connectivity index (χ1n) is 20.4. The summed E-state index contributed by atoms with van der Waals surface area (Å²) in [6.45, 7) is 5.35. The van der Waals surface area contributed by atoms with Crippen LogP contribution < -0.4 is 37.9 Å². The Hall–Kier alpha value is -4.98. The molecule has 2 atom stereocenters. The maximum atomic E-state index is 14.2. The van der Waals surface area contributed by atoms with Crippen molar-refractivity contribution in [1.29, 1.82) is 0 Å². The fourth-order valence-electron chi connectivity index (χ4n) is 7.98. The van der Waals surface area contributed by atoms with Crippen LogP contribution in [0.4, 0.5) is 0 Å². The fourth-order valence-corrected chi connectivity index (χ4v) is 11.2. The summed E-state index contributed by atoms with van der Waals surface area (Å²) in [4.78, 5) is 0.113. The van der Waals surface area contributed by atoms with E-state index in [9.17, 15) is 16.8 Å². The van der Waals surface area contributed by atoms with Gasteiger partial charge in [-0.3, -0.25) is 0 Å². The number of hydrogen-bond donors (Lipinski definition) is 0. The number of nitrogens with zero attached hydrogens (tertiary/aromatic N) is 2. The van der Waals surface area contributed by atoms with E-state index >= 15 is 0 Å². The lowest BCUT2D eigenvalue weighted by molar-refractivity contribution is 0.0639. The highest BCUT2D eigenvalue weighted by Crippen LogP contribution is 2.43. The highest BCUT2D eigenvalue weighted by Gasteiger charge is 2.37. The van der Waals surface area contributed by atoms with E-state index in [4.69, 9.17) is 47.4 Å². The van der Waals surface area contributed by atoms with Crippen LogP contribution in [0, 0.1) is 0 Å². The molecule has 0 N–H and O–H groups in total. The molecule has 4 aromatic carbocycles. The van der Waals surface area contributed by atoms with Gasteiger partial charge in [0.05, 0.1) is 64.7 Å². The number of rotatable bonds is 8. The van der Waals surface area contributed by atoms with Crippen molar-refractivity contribution in [3.63, 3.8) is 0 Å². The molecular formula is C44H54N2O14S2. The van der Waals surface area contributed by atoms with E-state index in [1.165, 1.54) is 32.9 Å². The average molecular weight is 899 g/mol. The zero-order chi connectivity index (χ0) is 44.0. The van der Waals surface area contributed by atoms with Crippen LogP contribution >= 0.6 is 0 Å². The third-order valence-corrected chi connectivity index (χ3v) is 15.2. The van der Waals surface area contributed by atoms with Crippen molar-refractivity contribution in [3.05, 3.63) is 82.9 Å². The first-order chi connectivity index (χ1) is 29.9. The van der Waals surface area contributed by atoms with Gasteiger partial charge < -0.3 is 47.4 Å². The molecule has 62 heavy (non-hydrogen) atoms. The van der Waals surface area contributed by atoms with Gasteiger partial charge in [-0.25, -0.2) is 16.8 Å². The Labute approximate surface area is 363 Å². The number of sulfonamides is 2. The van der Waals surface area contributed by atoms with Crippen molar-refractivity contribution in [1.82, 2.24) is 8.61 Å². The van der Waals surface area contributed by atoms with Gasteiger partial charge in [0.2, 0.25) is 20.0 Å². The Morgan fingerprint density at radius 1 is 0.468 bits per heavy atom. The first kappa shape index (κ1) is 45.1. The SMILES string of the molecule is COc1cc2c(cc1OC)[C@@H](C)N(S(=O)(=O)c1ccc3c(c1)OCCOCCOc1cc(S(=O)(=O)N4CCc5cc(OC)c(OC)cc5[C@H]4C)ccc1OCCOCCO3)CC2. The van der Waals surface area contributed by atoms with E-state index in [1.807, 2.05) is 38.1 Å². The smallest absolute Gasteiger partial charge is 0.243 e. The summed E-state index contributed by atoms with van der Waals surface area (Å²) >= 11 is 0. The monoisotopic (exact) mass is 898 g/mol. The summed E-state index contributed by atoms with van der Waals surface area (Å²) in [6.07, 6.45) is 1.00. The van der Waals surface area contributed by atoms with Crippen molar-refractivity contribution in [3.8, 4) is 46.0 Å². The lowest BCUT2D eigenvalue weighted by atomic mass is 9.94. The van der Waals surface area contributed by atoms with Crippen LogP contribution in [0.5, 0.6) is 46.0 Å². The van der Waals surface area contributed by atoms with Crippen molar-refractivity contribution in [2.75, 3.05) is 94.4 Å². The summed E-state index contributed by atoms with van der Waals surface area (Å²) in [5.41, 5.74) is 3.69. The standard InChI is InChI=1S/C44H54N2O14S2/c1-29-35-27-41(53-5)39(51-3)23-31(35)11-13-45(29)61(47,48)33-7-9-37-43(25-33)59-21-17-56-18-22-60-44-26-34(8-10-38(44)58-20-16-55-15-19-57-37)62(49,50)46-14-12-32-24-40(52-4)42(54-6)28-36(32)30(46)2/h7-10,23-30H,11-22H2,1-6H3/t29-,30-/m1/s1. The van der Waals surface area contributed by atoms with Gasteiger partial charge in [0.25, 0.3) is 0 Å². The maximum Gasteiger partial charge on any atom is 0.243 e. The predicted molar refractivity (Wildman–Crippen MR) is 228 cm³/mol. The van der Waals surface area contributed by atoms with E-state index in [2.05, 4.69) is 0 Å². The quantitative estimate of drug-likeness (QED) is 0.215. The van der Waals surface area contributed by atoms with Gasteiger partial charge in [0, 0.05) is 37.3 Å². The van der Waals surface area contributed by atoms with Gasteiger partial charge in [-0.15, -0.1) is 0 Å². The predicted octanol–water partition coefficient (Wildman–Crippen LogP) is 5.60. The Bertz CT molecular complexity index is 2280. The summed E-state index contributed by atoms with van der Waals surface area (Å²) in [5, 5.41) is 0. The Kier molecular flexibility index (Phi) is 14.2. The van der Waals surface area contributed by atoms with Crippen LogP contribution in [0.25, 0.3) is 0 Å². The molecule has 336 valence electrons. The molecule has 0 aliphatic carbocycles. The lowest BCUT2D eigenvalue weighted by Crippen LogP contribution is -2.38. The molecular weight excluding hydrogens is 845 g/mol. The van der Waals surface area contributed by atoms with Crippen molar-refractivity contribution >= 4 is 20.0 Å². The normalized spacial score (nSPS) is 19.5. The minimum Gasteiger partial charge on any atom is -0.493 e. The fraction of sp³-hybridized carbons (Fsp3) is 0.455. The Balaban J connectivity index is 1.02. The van der Waals surface area contributed by atoms with Gasteiger partial charge in [-0.1, -0.05) is 0 Å². The zero-order valence-corrected chi connectivity index (χ0v) is 37.5. The largest absolute Gasteiger partial charge is 0.493 e. The van der Waals surface area contributed by atoms with Crippen LogP contribution in [0.1, 0.15) is 48.2 Å². The molecule has 0 saturated heterocycles. The summed E-state index contributed by atoms with van der Waals surface area (Å²) in [7, 11) is -1.71. The highest BCUT2D eigenvalue weighted by atomic mass is 32.2. The number of hydrogen-bond acceptors (Lipinski definition) is 14. The zero-order valence-electron chi connectivity index (χ0n) is 35.8. The molecule has 0 unspecified atom stereocenters. The van der Waals surface area contributed by atoms with Crippen molar-refractivity contribution < 1.29 is 64.2 Å². The van der Waals surface area contributed by atoms with Crippen molar-refractivity contribution in [2.24, 2.45) is 0 Å². The van der Waals surface area contributed by atoms with Crippen molar-refractivity contribution in [2.45, 2.75) is 48.6 Å². The molecule has 0 bridgehead atoms. The van der Waals surface area contributed by atoms with Crippen LogP contribution in [-0.4, -0.2) is 120 Å². The highest BCUT2D eigenvalue weighted by molar-refractivity contribution is 7.89. The molecule has 0 aromatic heterocycles. The Morgan fingerprint density at radius 3 is 1.16 bits per heavy atom. The van der Waals surface area contributed by atoms with E-state index in [0.717, 1.165) is 22.3 Å². The summed E-state index contributed by atoms with van der Waals surface area (Å²) in [5.74, 6) is 3.42. The van der Waals surface area contributed by atoms with Crippen LogP contribution in [0.15, 0.2) is 70.5 Å². The van der Waals surface area contributed by atoms with E-state index in [1.54, 1.807) is 40.6 Å². The summed E-state index contributed by atoms with van der Waals surface area (Å²) < 4.78 is 117. The molecule has 3 aliphatic heterocycles. The molecule has 18 heteroatoms. The topological polar surface area (TPSA) is 167 Å². The van der Waals surface area contributed by atoms with Crippen LogP contribution in [-0.2, 0) is 42.4 Å². The first-order valence-corrected chi connectivity index (χ1v) is 23.3. The molecule has 3 heterocycles. The van der Waals surface area contributed by atoms with E-state index < -0.39 is 32.1 Å². The molecule has 0 radical (unpaired) electrons. The third-order valence-electron chi connectivity index (χ3n) is 11.2. The number of benzene rings is 4. The van der Waals surface area contributed by atoms with E-state index in [-0.39, 0.29) is 87.2 Å². The van der Waals surface area contributed by atoms with Crippen LogP contribution in [0.2, 0.25) is 0 Å². The summed E-state index contributed by atoms with van der Waals surface area (Å²) in [6, 6.07) is 15.7. The minimum absolute atomic E-state index is 0.0565. The number of methoxy groups -OCH3 is 4. The van der Waals surface area contributed by atoms with Gasteiger partial charge in [0.1, 0.15) is 26.4 Å². The molecule has 0 saturated carbocycles. The molecule has 0 fully saturated rings. The van der Waals surface area contributed by atoms with Gasteiger partial charge in [-0.2, -0.15) is 8.61 Å². The molecule has 7 rings (SSSR count). The second-order valence-electron chi connectivity index (χ2n) is 14.7. The molecule has 4 aromatic rings. The van der Waals surface area contributed by atoms with Crippen LogP contribution in [0.3, 0.4) is 0 Å². The van der Waals surface area contributed by atoms with Gasteiger partial charge in [-0.05, 0) is 97.5 Å². The second kappa shape index (κ2) is 19.6. The molecule has 3 aliphatic rings. The Morgan fingerprint density at radius 2 is 0.806 bits per heavy atom. The molecule has 16 nitrogen and oxygen atoms in total. The minimum atomic E-state index is -3.97. The van der Waals surface area contributed by atoms with E-state index in [0.29, 0.717) is 47.3 Å². The molecule has 0 amide bonds. The number of fused-ring (bicyclic) bond motifs is 4. The third kappa shape index (κ3) is 9.35. The maximum absolute atomic E-state index is 14.2. The second-order valence-corrected chi connectivity index (χ2v) is 18.5. The lowest BCUT2D eigenvalue weighted by Gasteiger charge is -2.34. The van der Waals surface area contributed by atoms with Gasteiger partial charge >= 0.3 is 0 Å². The average Bonchev–Trinajstić information content (AvgIpc) is 3.27. The number of ether oxygens (including phenoxy) is 10. The molecule has 0 spiro atoms. The van der Waals surface area contributed by atoms with Gasteiger partial charge in [0.15, 0.2) is 46.0 Å².